The lowest BCUT2D eigenvalue weighted by Gasteiger charge is -2.50. The Morgan fingerprint density at radius 2 is 2.14 bits per heavy atom. The second-order valence-electron chi connectivity index (χ2n) is 7.76. The van der Waals surface area contributed by atoms with Crippen LogP contribution in [-0.4, -0.2) is 7.11 Å². The van der Waals surface area contributed by atoms with Gasteiger partial charge in [0, 0.05) is 0 Å². The highest BCUT2D eigenvalue weighted by atomic mass is 16.5. The third-order valence-electron chi connectivity index (χ3n) is 7.06. The minimum absolute atomic E-state index is 0.500. The van der Waals surface area contributed by atoms with E-state index in [-0.39, 0.29) is 0 Å². The number of fused-ring (bicyclic) bond motifs is 5. The fraction of sp³-hybridized carbons (Fsp3) is 0.619. The van der Waals surface area contributed by atoms with Gasteiger partial charge in [0.05, 0.1) is 7.11 Å². The molecule has 0 heterocycles. The molecule has 0 amide bonds. The van der Waals surface area contributed by atoms with Gasteiger partial charge in [-0.1, -0.05) is 31.6 Å². The molecular weight excluding hydrogens is 268 g/mol. The van der Waals surface area contributed by atoms with E-state index in [0.717, 1.165) is 23.5 Å². The average Bonchev–Trinajstić information content (AvgIpc) is 2.90. The van der Waals surface area contributed by atoms with Crippen molar-refractivity contribution in [3.05, 3.63) is 41.0 Å². The van der Waals surface area contributed by atoms with Gasteiger partial charge in [0.2, 0.25) is 0 Å². The highest BCUT2D eigenvalue weighted by Gasteiger charge is 2.50. The molecule has 0 radical (unpaired) electrons. The Kier molecular flexibility index (Phi) is 3.36. The molecule has 0 saturated heterocycles. The summed E-state index contributed by atoms with van der Waals surface area (Å²) in [5.41, 5.74) is 5.42. The molecule has 118 valence electrons. The number of aryl methyl sites for hydroxylation is 1. The molecule has 1 heteroatoms. The highest BCUT2D eigenvalue weighted by molar-refractivity contribution is 5.41. The van der Waals surface area contributed by atoms with Crippen LogP contribution in [0.5, 0.6) is 5.75 Å². The summed E-state index contributed by atoms with van der Waals surface area (Å²) in [6.07, 6.45) is 10.5. The molecule has 4 rings (SSSR count). The summed E-state index contributed by atoms with van der Waals surface area (Å²) in [4.78, 5) is 0. The quantitative estimate of drug-likeness (QED) is 0.655. The molecule has 1 saturated carbocycles. The van der Waals surface area contributed by atoms with Crippen LogP contribution in [0.1, 0.15) is 63.0 Å². The first-order valence-electron chi connectivity index (χ1n) is 9.03. The van der Waals surface area contributed by atoms with Crippen LogP contribution < -0.4 is 4.74 Å². The van der Waals surface area contributed by atoms with Gasteiger partial charge < -0.3 is 4.74 Å². The van der Waals surface area contributed by atoms with Crippen molar-refractivity contribution >= 4 is 0 Å². The molecule has 1 aromatic carbocycles. The predicted molar refractivity (Wildman–Crippen MR) is 91.4 cm³/mol. The molecule has 3 aliphatic rings. The number of ether oxygens (including phenoxy) is 1. The first kappa shape index (κ1) is 14.4. The van der Waals surface area contributed by atoms with Crippen LogP contribution in [0.4, 0.5) is 0 Å². The van der Waals surface area contributed by atoms with Gasteiger partial charge in [-0.15, -0.1) is 0 Å². The van der Waals surface area contributed by atoms with Gasteiger partial charge in [-0.3, -0.25) is 0 Å². The van der Waals surface area contributed by atoms with E-state index in [0.29, 0.717) is 5.41 Å². The molecule has 1 aromatic rings. The van der Waals surface area contributed by atoms with Crippen molar-refractivity contribution in [3.63, 3.8) is 0 Å². The van der Waals surface area contributed by atoms with Gasteiger partial charge in [0.1, 0.15) is 5.75 Å². The molecule has 4 atom stereocenters. The summed E-state index contributed by atoms with van der Waals surface area (Å²) in [5, 5.41) is 0. The van der Waals surface area contributed by atoms with Gasteiger partial charge in [-0.05, 0) is 85.0 Å². The number of methoxy groups -OCH3 is 1. The van der Waals surface area contributed by atoms with Crippen LogP contribution >= 0.6 is 0 Å². The van der Waals surface area contributed by atoms with Gasteiger partial charge in [-0.2, -0.15) is 0 Å². The van der Waals surface area contributed by atoms with Crippen LogP contribution in [0.15, 0.2) is 29.8 Å². The smallest absolute Gasteiger partial charge is 0.119 e. The molecule has 3 aliphatic carbocycles. The van der Waals surface area contributed by atoms with E-state index in [4.69, 9.17) is 4.74 Å². The first-order valence-corrected chi connectivity index (χ1v) is 9.03. The largest absolute Gasteiger partial charge is 0.497 e. The van der Waals surface area contributed by atoms with Gasteiger partial charge in [0.25, 0.3) is 0 Å². The summed E-state index contributed by atoms with van der Waals surface area (Å²) in [6.45, 7) is 4.90. The van der Waals surface area contributed by atoms with E-state index in [1.54, 1.807) is 23.8 Å². The Labute approximate surface area is 134 Å². The molecule has 22 heavy (non-hydrogen) atoms. The van der Waals surface area contributed by atoms with Crippen molar-refractivity contribution < 1.29 is 4.74 Å². The van der Waals surface area contributed by atoms with Crippen molar-refractivity contribution in [1.82, 2.24) is 0 Å². The van der Waals surface area contributed by atoms with Gasteiger partial charge in [-0.25, -0.2) is 0 Å². The van der Waals surface area contributed by atoms with E-state index >= 15 is 0 Å². The Balaban J connectivity index is 1.67. The molecule has 0 bridgehead atoms. The van der Waals surface area contributed by atoms with E-state index in [9.17, 15) is 0 Å². The zero-order valence-corrected chi connectivity index (χ0v) is 14.2. The van der Waals surface area contributed by atoms with E-state index < -0.39 is 0 Å². The Morgan fingerprint density at radius 1 is 1.27 bits per heavy atom. The molecular formula is C21H28O. The summed E-state index contributed by atoms with van der Waals surface area (Å²) < 4.78 is 5.42. The van der Waals surface area contributed by atoms with Crippen LogP contribution in [0.25, 0.3) is 0 Å². The number of rotatable bonds is 2. The highest BCUT2D eigenvalue weighted by Crippen LogP contribution is 2.61. The van der Waals surface area contributed by atoms with Crippen LogP contribution in [0, 0.1) is 17.3 Å². The molecule has 1 nitrogen and oxygen atoms in total. The summed E-state index contributed by atoms with van der Waals surface area (Å²) in [5.74, 6) is 3.59. The molecule has 0 aromatic heterocycles. The van der Waals surface area contributed by atoms with Crippen molar-refractivity contribution in [3.8, 4) is 5.75 Å². The lowest BCUT2D eigenvalue weighted by molar-refractivity contribution is 0.0735. The minimum atomic E-state index is 0.500. The third kappa shape index (κ3) is 1.90. The van der Waals surface area contributed by atoms with Crippen molar-refractivity contribution in [2.75, 3.05) is 7.11 Å². The Bertz CT molecular complexity index is 614. The molecule has 0 aliphatic heterocycles. The number of benzene rings is 1. The number of allylic oxidation sites excluding steroid dienone is 2. The number of hydrogen-bond donors (Lipinski definition) is 0. The minimum Gasteiger partial charge on any atom is -0.497 e. The fourth-order valence-corrected chi connectivity index (χ4v) is 5.89. The van der Waals surface area contributed by atoms with E-state index in [1.807, 2.05) is 0 Å². The zero-order valence-electron chi connectivity index (χ0n) is 14.2. The van der Waals surface area contributed by atoms with Gasteiger partial charge >= 0.3 is 0 Å². The normalized spacial score (nSPS) is 36.1. The second kappa shape index (κ2) is 5.15. The van der Waals surface area contributed by atoms with Crippen LogP contribution in [-0.2, 0) is 6.42 Å². The summed E-state index contributed by atoms with van der Waals surface area (Å²) in [7, 11) is 1.77. The maximum absolute atomic E-state index is 5.42. The van der Waals surface area contributed by atoms with Crippen LogP contribution in [0.2, 0.25) is 0 Å². The SMILES string of the molecule is CCC1=CCC2C3CCc4cc(OC)ccc4C3CC[C@]12C. The second-order valence-corrected chi connectivity index (χ2v) is 7.76. The Morgan fingerprint density at radius 3 is 2.91 bits per heavy atom. The maximum Gasteiger partial charge on any atom is 0.119 e. The lowest BCUT2D eigenvalue weighted by atomic mass is 9.54. The van der Waals surface area contributed by atoms with Gasteiger partial charge in [0.15, 0.2) is 0 Å². The molecule has 0 spiro atoms. The van der Waals surface area contributed by atoms with Crippen molar-refractivity contribution in [2.45, 2.75) is 58.3 Å². The predicted octanol–water partition coefficient (Wildman–Crippen LogP) is 5.50. The average molecular weight is 296 g/mol. The van der Waals surface area contributed by atoms with E-state index in [2.05, 4.69) is 38.1 Å². The molecule has 1 fully saturated rings. The maximum atomic E-state index is 5.42. The standard InChI is InChI=1S/C21H28O/c1-4-15-6-10-20-19-8-5-14-13-16(22-3)7-9-17(14)18(19)11-12-21(15,20)2/h6-7,9,13,18-20H,4-5,8,10-12H2,1-3H3/t18?,19?,20?,21-/m1/s1. The van der Waals surface area contributed by atoms with Crippen LogP contribution in [0.3, 0.4) is 0 Å². The fourth-order valence-electron chi connectivity index (χ4n) is 5.89. The summed E-state index contributed by atoms with van der Waals surface area (Å²) >= 11 is 0. The van der Waals surface area contributed by atoms with Crippen molar-refractivity contribution in [1.29, 1.82) is 0 Å². The monoisotopic (exact) mass is 296 g/mol. The van der Waals surface area contributed by atoms with Crippen molar-refractivity contribution in [2.24, 2.45) is 17.3 Å². The summed E-state index contributed by atoms with van der Waals surface area (Å²) in [6, 6.07) is 6.81. The molecule has 3 unspecified atom stereocenters. The zero-order chi connectivity index (χ0) is 15.3. The third-order valence-corrected chi connectivity index (χ3v) is 7.06. The number of hydrogen-bond acceptors (Lipinski definition) is 1. The first-order chi connectivity index (χ1) is 10.7. The Hall–Kier alpha value is -1.24. The lowest BCUT2D eigenvalue weighted by Crippen LogP contribution is -2.41. The van der Waals surface area contributed by atoms with E-state index in [1.165, 1.54) is 38.5 Å². The molecule has 0 N–H and O–H groups in total. The topological polar surface area (TPSA) is 9.23 Å².